The third-order valence-corrected chi connectivity index (χ3v) is 5.57. The van der Waals surface area contributed by atoms with Crippen LogP contribution in [0.15, 0.2) is 0 Å². The summed E-state index contributed by atoms with van der Waals surface area (Å²) in [7, 11) is 0. The van der Waals surface area contributed by atoms with Crippen LogP contribution < -0.4 is 0 Å². The average Bonchev–Trinajstić information content (AvgIpc) is 2.14. The van der Waals surface area contributed by atoms with E-state index in [9.17, 15) is 9.90 Å². The van der Waals surface area contributed by atoms with Crippen molar-refractivity contribution in [3.05, 3.63) is 0 Å². The predicted octanol–water partition coefficient (Wildman–Crippen LogP) is 3.95. The first-order valence-corrected chi connectivity index (χ1v) is 6.98. The van der Waals surface area contributed by atoms with Crippen molar-refractivity contribution in [3.63, 3.8) is 0 Å². The molecule has 0 heterocycles. The van der Waals surface area contributed by atoms with Crippen LogP contribution in [0.25, 0.3) is 0 Å². The smallest absolute Gasteiger partial charge is 0.309 e. The molecule has 2 bridgehead atoms. The van der Waals surface area contributed by atoms with Crippen LogP contribution in [0.5, 0.6) is 0 Å². The van der Waals surface area contributed by atoms with Gasteiger partial charge in [0.25, 0.3) is 0 Å². The van der Waals surface area contributed by atoms with Gasteiger partial charge >= 0.3 is 5.97 Å². The SMILES string of the molecule is CC(C)C1(C)CC2CC(CC(C)(C(=O)O)C2)C1. The Morgan fingerprint density at radius 1 is 1.12 bits per heavy atom. The molecule has 0 aromatic heterocycles. The van der Waals surface area contributed by atoms with Crippen molar-refractivity contribution >= 4 is 5.97 Å². The van der Waals surface area contributed by atoms with Crippen molar-refractivity contribution in [2.75, 3.05) is 0 Å². The molecule has 1 N–H and O–H groups in total. The maximum absolute atomic E-state index is 11.4. The van der Waals surface area contributed by atoms with Gasteiger partial charge in [-0.25, -0.2) is 0 Å². The van der Waals surface area contributed by atoms with Gasteiger partial charge in [-0.1, -0.05) is 20.8 Å². The van der Waals surface area contributed by atoms with Crippen molar-refractivity contribution in [1.82, 2.24) is 0 Å². The summed E-state index contributed by atoms with van der Waals surface area (Å²) in [5, 5.41) is 9.39. The van der Waals surface area contributed by atoms with E-state index in [1.165, 1.54) is 19.3 Å². The van der Waals surface area contributed by atoms with Crippen LogP contribution in [0.4, 0.5) is 0 Å². The van der Waals surface area contributed by atoms with Crippen LogP contribution in [0.2, 0.25) is 0 Å². The van der Waals surface area contributed by atoms with Crippen molar-refractivity contribution in [3.8, 4) is 0 Å². The summed E-state index contributed by atoms with van der Waals surface area (Å²) < 4.78 is 0. The van der Waals surface area contributed by atoms with E-state index in [2.05, 4.69) is 20.8 Å². The number of hydrogen-bond donors (Lipinski definition) is 1. The molecule has 0 aromatic rings. The third kappa shape index (κ3) is 2.23. The Balaban J connectivity index is 2.16. The lowest BCUT2D eigenvalue weighted by Crippen LogP contribution is -2.45. The second-order valence-corrected chi connectivity index (χ2v) is 7.46. The van der Waals surface area contributed by atoms with Gasteiger partial charge < -0.3 is 5.11 Å². The lowest BCUT2D eigenvalue weighted by atomic mass is 9.53. The van der Waals surface area contributed by atoms with E-state index in [1.807, 2.05) is 6.92 Å². The first-order valence-electron chi connectivity index (χ1n) is 6.98. The van der Waals surface area contributed by atoms with Crippen LogP contribution in [0.3, 0.4) is 0 Å². The van der Waals surface area contributed by atoms with Gasteiger partial charge in [0.05, 0.1) is 5.41 Å². The van der Waals surface area contributed by atoms with E-state index < -0.39 is 11.4 Å². The molecular weight excluding hydrogens is 212 g/mol. The van der Waals surface area contributed by atoms with Gasteiger partial charge in [-0.05, 0) is 62.2 Å². The van der Waals surface area contributed by atoms with Gasteiger partial charge in [-0.2, -0.15) is 0 Å². The van der Waals surface area contributed by atoms with Crippen LogP contribution in [-0.2, 0) is 4.79 Å². The summed E-state index contributed by atoms with van der Waals surface area (Å²) in [6.07, 6.45) is 5.50. The Bertz CT molecular complexity index is 305. The number of hydrogen-bond acceptors (Lipinski definition) is 1. The van der Waals surface area contributed by atoms with Gasteiger partial charge in [0.1, 0.15) is 0 Å². The number of fused-ring (bicyclic) bond motifs is 2. The Morgan fingerprint density at radius 2 is 1.59 bits per heavy atom. The molecule has 2 rings (SSSR count). The minimum absolute atomic E-state index is 0.438. The molecule has 2 nitrogen and oxygen atoms in total. The lowest BCUT2D eigenvalue weighted by Gasteiger charge is -2.51. The molecule has 2 atom stereocenters. The van der Waals surface area contributed by atoms with Crippen molar-refractivity contribution in [2.24, 2.45) is 28.6 Å². The zero-order valence-electron chi connectivity index (χ0n) is 11.6. The highest BCUT2D eigenvalue weighted by atomic mass is 16.4. The predicted molar refractivity (Wildman–Crippen MR) is 68.8 cm³/mol. The van der Waals surface area contributed by atoms with E-state index in [4.69, 9.17) is 0 Å². The summed E-state index contributed by atoms with van der Waals surface area (Å²) in [5.41, 5.74) is -0.0146. The van der Waals surface area contributed by atoms with E-state index in [-0.39, 0.29) is 0 Å². The van der Waals surface area contributed by atoms with Gasteiger partial charge in [0, 0.05) is 0 Å². The topological polar surface area (TPSA) is 37.3 Å². The molecule has 2 unspecified atom stereocenters. The summed E-state index contributed by atoms with van der Waals surface area (Å²) in [6.45, 7) is 8.99. The number of aliphatic carboxylic acids is 1. The molecule has 2 aliphatic rings. The highest BCUT2D eigenvalue weighted by Crippen LogP contribution is 2.56. The van der Waals surface area contributed by atoms with Crippen LogP contribution in [-0.4, -0.2) is 11.1 Å². The van der Waals surface area contributed by atoms with Gasteiger partial charge in [0.2, 0.25) is 0 Å². The van der Waals surface area contributed by atoms with E-state index in [1.54, 1.807) is 0 Å². The lowest BCUT2D eigenvalue weighted by molar-refractivity contribution is -0.155. The number of carboxylic acid groups (broad SMARTS) is 1. The maximum Gasteiger partial charge on any atom is 0.309 e. The number of carboxylic acids is 1. The summed E-state index contributed by atoms with van der Waals surface area (Å²) in [6, 6.07) is 0. The number of carbonyl (C=O) groups is 1. The zero-order valence-corrected chi connectivity index (χ0v) is 11.6. The first kappa shape index (κ1) is 12.9. The Kier molecular flexibility index (Phi) is 3.04. The van der Waals surface area contributed by atoms with Crippen molar-refractivity contribution in [1.29, 1.82) is 0 Å². The molecule has 2 saturated carbocycles. The second-order valence-electron chi connectivity index (χ2n) is 7.46. The Labute approximate surface area is 105 Å². The molecule has 98 valence electrons. The quantitative estimate of drug-likeness (QED) is 0.791. The standard InChI is InChI=1S/C15H26O2/c1-10(2)14(3)6-11-5-12(7-14)9-15(4,8-11)13(16)17/h10-12H,5-9H2,1-4H3,(H,16,17). The van der Waals surface area contributed by atoms with Crippen molar-refractivity contribution < 1.29 is 9.90 Å². The molecule has 0 saturated heterocycles. The Morgan fingerprint density at radius 3 is 1.94 bits per heavy atom. The molecular formula is C15H26O2. The number of rotatable bonds is 2. The average molecular weight is 238 g/mol. The molecule has 0 amide bonds. The van der Waals surface area contributed by atoms with Crippen LogP contribution >= 0.6 is 0 Å². The third-order valence-electron chi connectivity index (χ3n) is 5.57. The van der Waals surface area contributed by atoms with Gasteiger partial charge in [0.15, 0.2) is 0 Å². The fourth-order valence-corrected chi connectivity index (χ4v) is 4.35. The van der Waals surface area contributed by atoms with E-state index >= 15 is 0 Å². The molecule has 0 aromatic carbocycles. The minimum Gasteiger partial charge on any atom is -0.481 e. The molecule has 2 fully saturated rings. The van der Waals surface area contributed by atoms with Gasteiger partial charge in [-0.15, -0.1) is 0 Å². The second kappa shape index (κ2) is 4.00. The first-order chi connectivity index (χ1) is 7.75. The fraction of sp³-hybridized carbons (Fsp3) is 0.933. The maximum atomic E-state index is 11.4. The van der Waals surface area contributed by atoms with Crippen LogP contribution in [0, 0.1) is 28.6 Å². The molecule has 2 heteroatoms. The molecule has 0 aliphatic heterocycles. The fourth-order valence-electron chi connectivity index (χ4n) is 4.35. The zero-order chi connectivity index (χ0) is 12.8. The largest absolute Gasteiger partial charge is 0.481 e. The summed E-state index contributed by atoms with van der Waals surface area (Å²) in [5.74, 6) is 1.40. The molecule has 0 spiro atoms. The normalized spacial score (nSPS) is 45.9. The van der Waals surface area contributed by atoms with Crippen molar-refractivity contribution in [2.45, 2.75) is 59.8 Å². The monoisotopic (exact) mass is 238 g/mol. The Hall–Kier alpha value is -0.530. The summed E-state index contributed by atoms with van der Waals surface area (Å²) in [4.78, 5) is 11.4. The molecule has 2 aliphatic carbocycles. The van der Waals surface area contributed by atoms with Gasteiger partial charge in [-0.3, -0.25) is 4.79 Å². The molecule has 0 radical (unpaired) electrons. The summed E-state index contributed by atoms with van der Waals surface area (Å²) >= 11 is 0. The highest BCUT2D eigenvalue weighted by Gasteiger charge is 2.49. The van der Waals surface area contributed by atoms with E-state index in [0.717, 1.165) is 12.8 Å². The van der Waals surface area contributed by atoms with Crippen LogP contribution in [0.1, 0.15) is 59.8 Å². The highest BCUT2D eigenvalue weighted by molar-refractivity contribution is 5.74. The van der Waals surface area contributed by atoms with E-state index in [0.29, 0.717) is 23.2 Å². The minimum atomic E-state index is -0.583. The molecule has 17 heavy (non-hydrogen) atoms.